The average molecular weight is 435 g/mol. The Balaban J connectivity index is 1.83. The standard InChI is InChI=1S/C24H26N4O2S/c1-16-9-8-14-21(17(16)2)28(24(30)20-15-31-27-26-20)22(18-10-4-3-5-11-18)23(29)25-19-12-6-7-13-19/h3-5,8-11,14-15,19,22H,6-7,12-13H2,1-2H3,(H,25,29)/t22-/m0/s1. The lowest BCUT2D eigenvalue weighted by Crippen LogP contribution is -2.46. The first-order chi connectivity index (χ1) is 15.1. The van der Waals surface area contributed by atoms with Crippen LogP contribution < -0.4 is 10.2 Å². The van der Waals surface area contributed by atoms with Crippen LogP contribution in [0.5, 0.6) is 0 Å². The summed E-state index contributed by atoms with van der Waals surface area (Å²) < 4.78 is 3.86. The average Bonchev–Trinajstić information content (AvgIpc) is 3.49. The molecule has 1 aliphatic rings. The molecule has 1 atom stereocenters. The van der Waals surface area contributed by atoms with E-state index in [9.17, 15) is 9.59 Å². The predicted molar refractivity (Wildman–Crippen MR) is 122 cm³/mol. The SMILES string of the molecule is Cc1cccc(N(C(=O)c2csnn2)[C@H](C(=O)NC2CCCC2)c2ccccc2)c1C. The van der Waals surface area contributed by atoms with Crippen molar-refractivity contribution in [2.75, 3.05) is 4.90 Å². The molecule has 1 N–H and O–H groups in total. The summed E-state index contributed by atoms with van der Waals surface area (Å²) in [5.41, 5.74) is 3.70. The van der Waals surface area contributed by atoms with Crippen LogP contribution in [0.3, 0.4) is 0 Å². The molecule has 0 spiro atoms. The Morgan fingerprint density at radius 2 is 1.81 bits per heavy atom. The molecule has 1 fully saturated rings. The van der Waals surface area contributed by atoms with Gasteiger partial charge in [-0.1, -0.05) is 59.8 Å². The fourth-order valence-electron chi connectivity index (χ4n) is 4.15. The molecule has 3 aromatic rings. The van der Waals surface area contributed by atoms with Crippen LogP contribution in [0.15, 0.2) is 53.9 Å². The first kappa shape index (κ1) is 21.2. The molecule has 1 saturated carbocycles. The van der Waals surface area contributed by atoms with Gasteiger partial charge in [0.2, 0.25) is 5.91 Å². The maximum atomic E-state index is 13.7. The van der Waals surface area contributed by atoms with Crippen molar-refractivity contribution >= 4 is 29.0 Å². The molecular weight excluding hydrogens is 408 g/mol. The second-order valence-electron chi connectivity index (χ2n) is 7.99. The number of anilines is 1. The Morgan fingerprint density at radius 1 is 1.06 bits per heavy atom. The van der Waals surface area contributed by atoms with Gasteiger partial charge in [-0.25, -0.2) is 0 Å². The first-order valence-corrected chi connectivity index (χ1v) is 11.4. The van der Waals surface area contributed by atoms with Crippen molar-refractivity contribution < 1.29 is 9.59 Å². The molecule has 0 saturated heterocycles. The van der Waals surface area contributed by atoms with Gasteiger partial charge in [-0.2, -0.15) is 0 Å². The van der Waals surface area contributed by atoms with Gasteiger partial charge in [0.15, 0.2) is 5.69 Å². The monoisotopic (exact) mass is 434 g/mol. The number of hydrogen-bond acceptors (Lipinski definition) is 5. The zero-order chi connectivity index (χ0) is 21.8. The summed E-state index contributed by atoms with van der Waals surface area (Å²) in [5.74, 6) is -0.506. The Kier molecular flexibility index (Phi) is 6.42. The minimum absolute atomic E-state index is 0.148. The van der Waals surface area contributed by atoms with Crippen molar-refractivity contribution in [1.82, 2.24) is 14.9 Å². The molecule has 0 aliphatic heterocycles. The highest BCUT2D eigenvalue weighted by molar-refractivity contribution is 7.03. The van der Waals surface area contributed by atoms with E-state index in [1.54, 1.807) is 10.3 Å². The van der Waals surface area contributed by atoms with E-state index in [2.05, 4.69) is 14.9 Å². The number of nitrogens with one attached hydrogen (secondary N) is 1. The summed E-state index contributed by atoms with van der Waals surface area (Å²) in [7, 11) is 0. The van der Waals surface area contributed by atoms with Gasteiger partial charge < -0.3 is 5.32 Å². The zero-order valence-corrected chi connectivity index (χ0v) is 18.6. The van der Waals surface area contributed by atoms with Crippen LogP contribution in [0.4, 0.5) is 5.69 Å². The van der Waals surface area contributed by atoms with E-state index in [1.807, 2.05) is 62.4 Å². The second-order valence-corrected chi connectivity index (χ2v) is 8.60. The van der Waals surface area contributed by atoms with Gasteiger partial charge in [0, 0.05) is 17.1 Å². The van der Waals surface area contributed by atoms with Crippen molar-refractivity contribution in [1.29, 1.82) is 0 Å². The molecule has 2 aromatic carbocycles. The molecule has 160 valence electrons. The minimum Gasteiger partial charge on any atom is -0.351 e. The van der Waals surface area contributed by atoms with Crippen molar-refractivity contribution in [3.63, 3.8) is 0 Å². The van der Waals surface area contributed by atoms with Crippen LogP contribution in [-0.2, 0) is 4.79 Å². The lowest BCUT2D eigenvalue weighted by molar-refractivity contribution is -0.123. The highest BCUT2D eigenvalue weighted by atomic mass is 32.1. The smallest absolute Gasteiger partial charge is 0.280 e. The Hall–Kier alpha value is -3.06. The van der Waals surface area contributed by atoms with E-state index in [0.29, 0.717) is 5.69 Å². The van der Waals surface area contributed by atoms with Gasteiger partial charge in [-0.3, -0.25) is 14.5 Å². The number of aryl methyl sites for hydroxylation is 1. The Bertz CT molecular complexity index is 1050. The zero-order valence-electron chi connectivity index (χ0n) is 17.7. The Morgan fingerprint density at radius 3 is 2.48 bits per heavy atom. The number of carbonyl (C=O) groups excluding carboxylic acids is 2. The summed E-state index contributed by atoms with van der Waals surface area (Å²) >= 11 is 1.12. The molecule has 1 aromatic heterocycles. The van der Waals surface area contributed by atoms with Gasteiger partial charge in [0.1, 0.15) is 6.04 Å². The summed E-state index contributed by atoms with van der Waals surface area (Å²) in [4.78, 5) is 28.9. The van der Waals surface area contributed by atoms with Crippen LogP contribution in [0, 0.1) is 13.8 Å². The van der Waals surface area contributed by atoms with E-state index in [-0.39, 0.29) is 23.6 Å². The normalized spacial score (nSPS) is 14.9. The van der Waals surface area contributed by atoms with E-state index in [1.165, 1.54) is 0 Å². The number of benzene rings is 2. The number of carbonyl (C=O) groups is 2. The van der Waals surface area contributed by atoms with Gasteiger partial charge in [-0.15, -0.1) is 5.10 Å². The molecule has 0 radical (unpaired) electrons. The first-order valence-electron chi connectivity index (χ1n) is 10.6. The van der Waals surface area contributed by atoms with Crippen LogP contribution in [0.2, 0.25) is 0 Å². The summed E-state index contributed by atoms with van der Waals surface area (Å²) in [5, 5.41) is 8.82. The largest absolute Gasteiger partial charge is 0.351 e. The van der Waals surface area contributed by atoms with E-state index in [0.717, 1.165) is 53.9 Å². The van der Waals surface area contributed by atoms with Crippen molar-refractivity contribution in [3.8, 4) is 0 Å². The maximum absolute atomic E-state index is 13.7. The molecule has 1 aliphatic carbocycles. The molecule has 2 amide bonds. The molecule has 31 heavy (non-hydrogen) atoms. The minimum atomic E-state index is -0.809. The number of amides is 2. The molecule has 0 bridgehead atoms. The van der Waals surface area contributed by atoms with Gasteiger partial charge >= 0.3 is 0 Å². The van der Waals surface area contributed by atoms with Crippen molar-refractivity contribution in [2.45, 2.75) is 51.6 Å². The molecule has 4 rings (SSSR count). The van der Waals surface area contributed by atoms with Gasteiger partial charge in [-0.05, 0) is 61.0 Å². The van der Waals surface area contributed by atoms with Crippen LogP contribution in [0.1, 0.15) is 58.9 Å². The highest BCUT2D eigenvalue weighted by Gasteiger charge is 2.36. The predicted octanol–water partition coefficient (Wildman–Crippen LogP) is 4.60. The fraction of sp³-hybridized carbons (Fsp3) is 0.333. The third kappa shape index (κ3) is 4.51. The van der Waals surface area contributed by atoms with Crippen LogP contribution in [0.25, 0.3) is 0 Å². The van der Waals surface area contributed by atoms with Gasteiger partial charge in [0.25, 0.3) is 5.91 Å². The topological polar surface area (TPSA) is 75.2 Å². The van der Waals surface area contributed by atoms with Crippen molar-refractivity contribution in [3.05, 3.63) is 76.3 Å². The van der Waals surface area contributed by atoms with E-state index in [4.69, 9.17) is 0 Å². The number of rotatable bonds is 6. The fourth-order valence-corrected chi connectivity index (χ4v) is 4.58. The molecule has 0 unspecified atom stereocenters. The third-order valence-corrected chi connectivity index (χ3v) is 6.46. The quantitative estimate of drug-likeness (QED) is 0.615. The number of aromatic nitrogens is 2. The summed E-state index contributed by atoms with van der Waals surface area (Å²) in [6.07, 6.45) is 4.18. The van der Waals surface area contributed by atoms with Gasteiger partial charge in [0.05, 0.1) is 0 Å². The molecular formula is C24H26N4O2S. The maximum Gasteiger partial charge on any atom is 0.280 e. The summed E-state index contributed by atoms with van der Waals surface area (Å²) in [6.45, 7) is 3.98. The van der Waals surface area contributed by atoms with Crippen molar-refractivity contribution in [2.24, 2.45) is 0 Å². The molecule has 6 nitrogen and oxygen atoms in total. The number of hydrogen-bond donors (Lipinski definition) is 1. The van der Waals surface area contributed by atoms with Crippen LogP contribution >= 0.6 is 11.5 Å². The number of nitrogens with zero attached hydrogens (tertiary/aromatic N) is 3. The van der Waals surface area contributed by atoms with Crippen LogP contribution in [-0.4, -0.2) is 27.4 Å². The Labute approximate surface area is 186 Å². The summed E-state index contributed by atoms with van der Waals surface area (Å²) in [6, 6.07) is 14.6. The molecule has 1 heterocycles. The van der Waals surface area contributed by atoms with E-state index < -0.39 is 6.04 Å². The second kappa shape index (κ2) is 9.39. The third-order valence-electron chi connectivity index (χ3n) is 5.96. The van der Waals surface area contributed by atoms with E-state index >= 15 is 0 Å². The lowest BCUT2D eigenvalue weighted by atomic mass is 9.99. The molecule has 7 heteroatoms. The highest BCUT2D eigenvalue weighted by Crippen LogP contribution is 2.33. The lowest BCUT2D eigenvalue weighted by Gasteiger charge is -2.33.